The number of benzene rings is 1. The number of thioether (sulfide) groups is 1. The van der Waals surface area contributed by atoms with Crippen LogP contribution in [0.5, 0.6) is 0 Å². The molecule has 1 aromatic rings. The van der Waals surface area contributed by atoms with Gasteiger partial charge in [0.2, 0.25) is 0 Å². The van der Waals surface area contributed by atoms with E-state index >= 15 is 0 Å². The van der Waals surface area contributed by atoms with E-state index < -0.39 is 5.60 Å². The Morgan fingerprint density at radius 2 is 2.00 bits per heavy atom. The van der Waals surface area contributed by atoms with Crippen LogP contribution >= 0.6 is 11.8 Å². The molecule has 1 aromatic carbocycles. The molecule has 0 aromatic heterocycles. The molecule has 1 saturated heterocycles. The molecule has 3 aliphatic carbocycles. The van der Waals surface area contributed by atoms with Crippen molar-refractivity contribution >= 4 is 11.8 Å². The average Bonchev–Trinajstić information content (AvgIpc) is 2.65. The highest BCUT2D eigenvalue weighted by atomic mass is 32.2. The van der Waals surface area contributed by atoms with Crippen LogP contribution in [-0.2, 0) is 10.3 Å². The second kappa shape index (κ2) is 6.58. The molecule has 1 N–H and O–H groups in total. The molecule has 6 atom stereocenters. The van der Waals surface area contributed by atoms with Crippen LogP contribution in [0.25, 0.3) is 0 Å². The van der Waals surface area contributed by atoms with Gasteiger partial charge in [-0.15, -0.1) is 11.8 Å². The van der Waals surface area contributed by atoms with E-state index in [1.807, 2.05) is 30.0 Å². The van der Waals surface area contributed by atoms with Gasteiger partial charge >= 0.3 is 0 Å². The van der Waals surface area contributed by atoms with Gasteiger partial charge in [-0.3, -0.25) is 0 Å². The molecule has 4 fully saturated rings. The fraction of sp³-hybridized carbons (Fsp3) is 0.727. The van der Waals surface area contributed by atoms with Crippen LogP contribution in [-0.4, -0.2) is 22.4 Å². The van der Waals surface area contributed by atoms with E-state index in [0.717, 1.165) is 43.3 Å². The molecule has 0 spiro atoms. The first-order chi connectivity index (χ1) is 12.0. The van der Waals surface area contributed by atoms with Crippen LogP contribution in [0.3, 0.4) is 0 Å². The van der Waals surface area contributed by atoms with E-state index in [4.69, 9.17) is 4.74 Å². The minimum atomic E-state index is -0.871. The highest BCUT2D eigenvalue weighted by Gasteiger charge is 2.60. The number of ether oxygens (including phenoxy) is 1. The zero-order valence-electron chi connectivity index (χ0n) is 15.8. The van der Waals surface area contributed by atoms with Crippen LogP contribution in [0.15, 0.2) is 30.3 Å². The van der Waals surface area contributed by atoms with Gasteiger partial charge in [-0.2, -0.15) is 0 Å². The summed E-state index contributed by atoms with van der Waals surface area (Å²) in [5, 5.41) is 12.3. The third kappa shape index (κ3) is 2.87. The third-order valence-electron chi connectivity index (χ3n) is 7.37. The second-order valence-corrected chi connectivity index (χ2v) is 10.3. The predicted molar refractivity (Wildman–Crippen MR) is 104 cm³/mol. The lowest BCUT2D eigenvalue weighted by molar-refractivity contribution is -0.151. The zero-order valence-corrected chi connectivity index (χ0v) is 16.6. The molecule has 0 unspecified atom stereocenters. The Bertz CT molecular complexity index is 601. The van der Waals surface area contributed by atoms with Crippen LogP contribution in [0.2, 0.25) is 0 Å². The molecule has 5 rings (SSSR count). The summed E-state index contributed by atoms with van der Waals surface area (Å²) in [7, 11) is 0. The quantitative estimate of drug-likeness (QED) is 0.782. The Morgan fingerprint density at radius 1 is 1.24 bits per heavy atom. The largest absolute Gasteiger partial charge is 0.382 e. The molecule has 138 valence electrons. The zero-order chi connectivity index (χ0) is 17.7. The summed E-state index contributed by atoms with van der Waals surface area (Å²) in [6.45, 7) is 7.90. The topological polar surface area (TPSA) is 29.5 Å². The van der Waals surface area contributed by atoms with Crippen molar-refractivity contribution in [2.24, 2.45) is 23.2 Å². The fourth-order valence-corrected chi connectivity index (χ4v) is 7.26. The number of hydrogen-bond donors (Lipinski definition) is 1. The summed E-state index contributed by atoms with van der Waals surface area (Å²) in [5.41, 5.74) is 0.504. The van der Waals surface area contributed by atoms with Gasteiger partial charge < -0.3 is 9.84 Å². The van der Waals surface area contributed by atoms with Crippen molar-refractivity contribution in [3.8, 4) is 0 Å². The number of hydrogen-bond acceptors (Lipinski definition) is 3. The highest BCUT2D eigenvalue weighted by Crippen LogP contribution is 2.65. The van der Waals surface area contributed by atoms with E-state index in [-0.39, 0.29) is 5.44 Å². The van der Waals surface area contributed by atoms with Crippen molar-refractivity contribution in [2.45, 2.75) is 69.2 Å². The number of rotatable bonds is 5. The summed E-state index contributed by atoms with van der Waals surface area (Å²) < 4.78 is 6.37. The summed E-state index contributed by atoms with van der Waals surface area (Å²) in [4.78, 5) is 0. The predicted octanol–water partition coefficient (Wildman–Crippen LogP) is 5.20. The first-order valence-corrected chi connectivity index (χ1v) is 11.0. The lowest BCUT2D eigenvalue weighted by atomic mass is 9.45. The van der Waals surface area contributed by atoms with Gasteiger partial charge in [-0.1, -0.05) is 63.9 Å². The molecule has 1 heterocycles. The Kier molecular flexibility index (Phi) is 4.71. The first-order valence-electron chi connectivity index (χ1n) is 10.0. The van der Waals surface area contributed by atoms with Gasteiger partial charge in [-0.05, 0) is 48.0 Å². The summed E-state index contributed by atoms with van der Waals surface area (Å²) in [6.07, 6.45) is 5.59. The maximum absolute atomic E-state index is 11.7. The van der Waals surface area contributed by atoms with Crippen LogP contribution in [0.1, 0.15) is 58.4 Å². The number of aliphatic hydroxyl groups is 1. The Hall–Kier alpha value is -0.510. The number of unbranched alkanes of at least 4 members (excludes halogenated alkanes) is 1. The van der Waals surface area contributed by atoms with E-state index in [1.54, 1.807) is 0 Å². The van der Waals surface area contributed by atoms with E-state index in [0.29, 0.717) is 16.6 Å². The van der Waals surface area contributed by atoms with Gasteiger partial charge in [0, 0.05) is 5.25 Å². The normalized spacial score (nSPS) is 38.3. The second-order valence-electron chi connectivity index (χ2n) is 8.99. The lowest BCUT2D eigenvalue weighted by Gasteiger charge is -2.64. The minimum absolute atomic E-state index is 0.136. The molecular formula is C22H32O2S. The Morgan fingerprint density at radius 3 is 2.68 bits per heavy atom. The molecule has 0 amide bonds. The Labute approximate surface area is 156 Å². The third-order valence-corrected chi connectivity index (χ3v) is 9.04. The van der Waals surface area contributed by atoms with Gasteiger partial charge in [0.05, 0.1) is 6.61 Å². The fourth-order valence-electron chi connectivity index (χ4n) is 5.50. The Balaban J connectivity index is 1.54. The van der Waals surface area contributed by atoms with Crippen LogP contribution in [0, 0.1) is 23.2 Å². The molecule has 25 heavy (non-hydrogen) atoms. The molecule has 4 aliphatic rings. The van der Waals surface area contributed by atoms with Crippen LogP contribution < -0.4 is 0 Å². The average molecular weight is 361 g/mol. The maximum atomic E-state index is 11.7. The van der Waals surface area contributed by atoms with E-state index in [1.165, 1.54) is 12.8 Å². The van der Waals surface area contributed by atoms with Crippen molar-refractivity contribution in [1.29, 1.82) is 0 Å². The summed E-state index contributed by atoms with van der Waals surface area (Å²) >= 11 is 1.93. The maximum Gasteiger partial charge on any atom is 0.136 e. The van der Waals surface area contributed by atoms with Crippen molar-refractivity contribution in [3.63, 3.8) is 0 Å². The van der Waals surface area contributed by atoms with Gasteiger partial charge in [0.15, 0.2) is 0 Å². The van der Waals surface area contributed by atoms with Gasteiger partial charge in [-0.25, -0.2) is 0 Å². The molecule has 0 radical (unpaired) electrons. The summed E-state index contributed by atoms with van der Waals surface area (Å²) in [6, 6.07) is 10.2. The summed E-state index contributed by atoms with van der Waals surface area (Å²) in [5.74, 6) is 2.35. The van der Waals surface area contributed by atoms with E-state index in [9.17, 15) is 5.11 Å². The SMILES string of the molecule is CCCC[C@](O)(c1ccccc1)[C@@H]1OC[C@@H]2[C@H](C[C@H]3C[C@@H]2C3(C)C)S1. The first kappa shape index (κ1) is 17.9. The van der Waals surface area contributed by atoms with Crippen LogP contribution in [0.4, 0.5) is 0 Å². The molecule has 3 saturated carbocycles. The monoisotopic (exact) mass is 360 g/mol. The van der Waals surface area contributed by atoms with E-state index in [2.05, 4.69) is 32.9 Å². The minimum Gasteiger partial charge on any atom is -0.382 e. The van der Waals surface area contributed by atoms with Crippen molar-refractivity contribution in [2.75, 3.05) is 6.61 Å². The standard InChI is InChI=1S/C22H32O2S/c1-4-5-11-22(23,15-9-7-6-8-10-15)20-24-14-17-18-12-16(21(18,2)3)13-19(17)25-20/h6-10,16-20,23H,4-5,11-14H2,1-3H3/t16-,17+,18+,19+,20-,22+/m1/s1. The molecular weight excluding hydrogens is 328 g/mol. The highest BCUT2D eigenvalue weighted by molar-refractivity contribution is 8.00. The van der Waals surface area contributed by atoms with Crippen molar-refractivity contribution in [3.05, 3.63) is 35.9 Å². The molecule has 1 aliphatic heterocycles. The van der Waals surface area contributed by atoms with Crippen molar-refractivity contribution < 1.29 is 9.84 Å². The van der Waals surface area contributed by atoms with Gasteiger partial charge in [0.25, 0.3) is 0 Å². The smallest absolute Gasteiger partial charge is 0.136 e. The lowest BCUT2D eigenvalue weighted by Crippen LogP contribution is -2.60. The molecule has 2 bridgehead atoms. The van der Waals surface area contributed by atoms with Gasteiger partial charge in [0.1, 0.15) is 11.0 Å². The molecule has 3 heteroatoms. The molecule has 2 nitrogen and oxygen atoms in total. The van der Waals surface area contributed by atoms with Crippen molar-refractivity contribution in [1.82, 2.24) is 0 Å².